The van der Waals surface area contributed by atoms with Gasteiger partial charge in [-0.3, -0.25) is 0 Å². The van der Waals surface area contributed by atoms with Crippen LogP contribution in [0.5, 0.6) is 0 Å². The molecule has 0 amide bonds. The number of nitrogens with two attached hydrogens (primary N) is 1. The topological polar surface area (TPSA) is 60.4 Å². The van der Waals surface area contributed by atoms with Gasteiger partial charge in [0.2, 0.25) is 0 Å². The summed E-state index contributed by atoms with van der Waals surface area (Å²) in [7, 11) is 3.63. The molecule has 0 spiro atoms. The van der Waals surface area contributed by atoms with Crippen LogP contribution >= 0.6 is 12.4 Å². The molecule has 0 fully saturated rings. The first-order valence-electron chi connectivity index (χ1n) is 4.69. The van der Waals surface area contributed by atoms with E-state index in [4.69, 9.17) is 15.6 Å². The molecule has 0 saturated carbocycles. The van der Waals surface area contributed by atoms with Crippen LogP contribution in [-0.4, -0.2) is 23.4 Å². The molecular formula is C10H19ClN2O2. The Balaban J connectivity index is 0.00000196. The first-order valence-corrected chi connectivity index (χ1v) is 4.69. The molecule has 1 rings (SSSR count). The highest BCUT2D eigenvalue weighted by atomic mass is 35.5. The Morgan fingerprint density at radius 2 is 2.27 bits per heavy atom. The highest BCUT2D eigenvalue weighted by molar-refractivity contribution is 5.85. The van der Waals surface area contributed by atoms with Crippen LogP contribution in [0.1, 0.15) is 23.7 Å². The van der Waals surface area contributed by atoms with Gasteiger partial charge in [0.05, 0.1) is 6.61 Å². The van der Waals surface area contributed by atoms with E-state index in [1.54, 1.807) is 7.11 Å². The minimum Gasteiger partial charge on any atom is -0.396 e. The standard InChI is InChI=1S/C10H18N2O2.ClH/c1-12-6-8(10(11)3-4-13)5-9(12)7-14-2;/h5-6,10,13H,3-4,7,11H2,1-2H3;1H. The molecule has 1 atom stereocenters. The van der Waals surface area contributed by atoms with Crippen LogP contribution in [0.4, 0.5) is 0 Å². The molecule has 88 valence electrons. The van der Waals surface area contributed by atoms with E-state index >= 15 is 0 Å². The zero-order chi connectivity index (χ0) is 10.6. The summed E-state index contributed by atoms with van der Waals surface area (Å²) < 4.78 is 7.05. The Kier molecular flexibility index (Phi) is 6.60. The fourth-order valence-corrected chi connectivity index (χ4v) is 1.44. The molecule has 3 N–H and O–H groups in total. The number of methoxy groups -OCH3 is 1. The van der Waals surface area contributed by atoms with Crippen LogP contribution in [0.25, 0.3) is 0 Å². The minimum absolute atomic E-state index is 0. The quantitative estimate of drug-likeness (QED) is 0.799. The van der Waals surface area contributed by atoms with E-state index in [1.165, 1.54) is 0 Å². The number of halogens is 1. The fourth-order valence-electron chi connectivity index (χ4n) is 1.44. The van der Waals surface area contributed by atoms with E-state index in [0.29, 0.717) is 13.0 Å². The summed E-state index contributed by atoms with van der Waals surface area (Å²) in [5.41, 5.74) is 8.01. The molecule has 0 aliphatic carbocycles. The molecule has 5 heteroatoms. The second-order valence-corrected chi connectivity index (χ2v) is 3.43. The lowest BCUT2D eigenvalue weighted by molar-refractivity contribution is 0.179. The fraction of sp³-hybridized carbons (Fsp3) is 0.600. The van der Waals surface area contributed by atoms with Gasteiger partial charge in [-0.1, -0.05) is 0 Å². The van der Waals surface area contributed by atoms with Crippen LogP contribution in [0.2, 0.25) is 0 Å². The Morgan fingerprint density at radius 3 is 2.80 bits per heavy atom. The molecule has 0 aliphatic heterocycles. The van der Waals surface area contributed by atoms with Gasteiger partial charge in [0.25, 0.3) is 0 Å². The van der Waals surface area contributed by atoms with Crippen LogP contribution in [-0.2, 0) is 18.4 Å². The predicted molar refractivity (Wildman–Crippen MR) is 62.0 cm³/mol. The third-order valence-electron chi connectivity index (χ3n) is 2.29. The van der Waals surface area contributed by atoms with Crippen LogP contribution in [0.15, 0.2) is 12.3 Å². The van der Waals surface area contributed by atoms with Gasteiger partial charge in [0.1, 0.15) is 0 Å². The minimum atomic E-state index is -0.0863. The van der Waals surface area contributed by atoms with Crippen LogP contribution < -0.4 is 5.73 Å². The lowest BCUT2D eigenvalue weighted by Gasteiger charge is -2.06. The van der Waals surface area contributed by atoms with E-state index in [-0.39, 0.29) is 25.1 Å². The summed E-state index contributed by atoms with van der Waals surface area (Å²) in [6.45, 7) is 0.706. The molecular weight excluding hydrogens is 216 g/mol. The predicted octanol–water partition coefficient (Wildman–Crippen LogP) is 0.975. The van der Waals surface area contributed by atoms with E-state index < -0.39 is 0 Å². The maximum atomic E-state index is 8.77. The van der Waals surface area contributed by atoms with Gasteiger partial charge in [-0.25, -0.2) is 0 Å². The summed E-state index contributed by atoms with van der Waals surface area (Å²) in [6.07, 6.45) is 2.57. The van der Waals surface area contributed by atoms with Gasteiger partial charge in [-0.05, 0) is 18.1 Å². The number of aromatic nitrogens is 1. The largest absolute Gasteiger partial charge is 0.396 e. The summed E-state index contributed by atoms with van der Waals surface area (Å²) in [4.78, 5) is 0. The molecule has 15 heavy (non-hydrogen) atoms. The normalized spacial score (nSPS) is 12.3. The number of aliphatic hydroxyl groups excluding tert-OH is 1. The third kappa shape index (κ3) is 3.83. The van der Waals surface area contributed by atoms with Crippen molar-refractivity contribution < 1.29 is 9.84 Å². The molecule has 0 radical (unpaired) electrons. The van der Waals surface area contributed by atoms with Crippen molar-refractivity contribution in [3.8, 4) is 0 Å². The van der Waals surface area contributed by atoms with Crippen molar-refractivity contribution in [1.82, 2.24) is 4.57 Å². The van der Waals surface area contributed by atoms with E-state index in [0.717, 1.165) is 11.3 Å². The lowest BCUT2D eigenvalue weighted by atomic mass is 10.1. The van der Waals surface area contributed by atoms with Crippen molar-refractivity contribution >= 4 is 12.4 Å². The summed E-state index contributed by atoms with van der Waals surface area (Å²) in [5, 5.41) is 8.77. The number of ether oxygens (including phenoxy) is 1. The Bertz CT molecular complexity index is 289. The molecule has 1 aromatic rings. The number of rotatable bonds is 5. The molecule has 0 saturated heterocycles. The number of aliphatic hydroxyl groups is 1. The van der Waals surface area contributed by atoms with Gasteiger partial charge in [-0.2, -0.15) is 0 Å². The summed E-state index contributed by atoms with van der Waals surface area (Å²) in [6, 6.07) is 1.93. The van der Waals surface area contributed by atoms with E-state index in [2.05, 4.69) is 0 Å². The Hall–Kier alpha value is -0.550. The SMILES string of the molecule is COCc1cc(C(N)CCO)cn1C.Cl. The Labute approximate surface area is 96.4 Å². The molecule has 0 aliphatic rings. The second-order valence-electron chi connectivity index (χ2n) is 3.43. The first kappa shape index (κ1) is 14.5. The third-order valence-corrected chi connectivity index (χ3v) is 2.29. The highest BCUT2D eigenvalue weighted by Gasteiger charge is 2.09. The first-order chi connectivity index (χ1) is 6.69. The van der Waals surface area contributed by atoms with E-state index in [9.17, 15) is 0 Å². The Morgan fingerprint density at radius 1 is 1.60 bits per heavy atom. The van der Waals surface area contributed by atoms with Gasteiger partial charge >= 0.3 is 0 Å². The average molecular weight is 235 g/mol. The number of aryl methyl sites for hydroxylation is 1. The average Bonchev–Trinajstić information content (AvgIpc) is 2.49. The van der Waals surface area contributed by atoms with Crippen molar-refractivity contribution in [2.45, 2.75) is 19.1 Å². The maximum Gasteiger partial charge on any atom is 0.0863 e. The van der Waals surface area contributed by atoms with Gasteiger partial charge in [-0.15, -0.1) is 12.4 Å². The van der Waals surface area contributed by atoms with E-state index in [1.807, 2.05) is 23.9 Å². The molecule has 0 bridgehead atoms. The highest BCUT2D eigenvalue weighted by Crippen LogP contribution is 2.17. The number of nitrogens with zero attached hydrogens (tertiary/aromatic N) is 1. The van der Waals surface area contributed by atoms with Gasteiger partial charge < -0.3 is 20.1 Å². The summed E-state index contributed by atoms with van der Waals surface area (Å²) in [5.74, 6) is 0. The monoisotopic (exact) mass is 234 g/mol. The van der Waals surface area contributed by atoms with Crippen molar-refractivity contribution in [2.75, 3.05) is 13.7 Å². The molecule has 1 heterocycles. The summed E-state index contributed by atoms with van der Waals surface area (Å²) >= 11 is 0. The second kappa shape index (κ2) is 6.85. The van der Waals surface area contributed by atoms with Gasteiger partial charge in [0.15, 0.2) is 0 Å². The van der Waals surface area contributed by atoms with Gasteiger partial charge in [0, 0.05) is 38.7 Å². The molecule has 1 unspecified atom stereocenters. The molecule has 1 aromatic heterocycles. The van der Waals surface area contributed by atoms with Crippen LogP contribution in [0, 0.1) is 0 Å². The van der Waals surface area contributed by atoms with Crippen LogP contribution in [0.3, 0.4) is 0 Å². The lowest BCUT2D eigenvalue weighted by Crippen LogP contribution is -2.10. The zero-order valence-electron chi connectivity index (χ0n) is 9.14. The van der Waals surface area contributed by atoms with Crippen molar-refractivity contribution in [3.63, 3.8) is 0 Å². The van der Waals surface area contributed by atoms with Crippen molar-refractivity contribution in [3.05, 3.63) is 23.5 Å². The smallest absolute Gasteiger partial charge is 0.0863 e. The number of hydrogen-bond donors (Lipinski definition) is 2. The van der Waals surface area contributed by atoms with Crippen molar-refractivity contribution in [1.29, 1.82) is 0 Å². The molecule has 0 aromatic carbocycles. The zero-order valence-corrected chi connectivity index (χ0v) is 9.96. The number of hydrogen-bond acceptors (Lipinski definition) is 3. The maximum absolute atomic E-state index is 8.77. The molecule has 4 nitrogen and oxygen atoms in total. The van der Waals surface area contributed by atoms with Crippen molar-refractivity contribution in [2.24, 2.45) is 12.8 Å².